The second-order valence-corrected chi connectivity index (χ2v) is 7.85. The molecule has 0 aliphatic carbocycles. The number of pyridine rings is 1. The van der Waals surface area contributed by atoms with Gasteiger partial charge in [0.2, 0.25) is 5.89 Å². The Bertz CT molecular complexity index is 1280. The number of carbonyl (C=O) groups is 1. The maximum atomic E-state index is 13.0. The standard InChI is InChI=1S/C22H23N7O3/c1-12-10-25-16-6-5-14(11-29(12)16)17-18(22-24-7-9-32-22)28-20(23)19(27-17)21(30)26-13(2)15-4-3-8-31-15/h5-7,9-11,13,15H,3-4,8H2,1-2H3,(H2,23,28)(H,26,30). The van der Waals surface area contributed by atoms with Gasteiger partial charge in [-0.05, 0) is 38.8 Å². The zero-order valence-corrected chi connectivity index (χ0v) is 17.8. The molecular weight excluding hydrogens is 410 g/mol. The first-order valence-corrected chi connectivity index (χ1v) is 10.4. The van der Waals surface area contributed by atoms with Gasteiger partial charge in [0, 0.05) is 30.3 Å². The SMILES string of the molecule is Cc1cnc2ccc(-c3nc(C(=O)NC(C)C4CCCO4)c(N)nc3-c3ncco3)cn12. The highest BCUT2D eigenvalue weighted by Crippen LogP contribution is 2.30. The van der Waals surface area contributed by atoms with Crippen LogP contribution in [0.3, 0.4) is 0 Å². The molecule has 164 valence electrons. The van der Waals surface area contributed by atoms with E-state index in [9.17, 15) is 4.79 Å². The van der Waals surface area contributed by atoms with E-state index in [0.717, 1.165) is 29.7 Å². The first kappa shape index (κ1) is 20.1. The van der Waals surface area contributed by atoms with Gasteiger partial charge in [-0.15, -0.1) is 0 Å². The van der Waals surface area contributed by atoms with E-state index in [-0.39, 0.29) is 29.5 Å². The fourth-order valence-corrected chi connectivity index (χ4v) is 3.91. The third-order valence-electron chi connectivity index (χ3n) is 5.62. The predicted molar refractivity (Wildman–Crippen MR) is 117 cm³/mol. The summed E-state index contributed by atoms with van der Waals surface area (Å²) in [5.74, 6) is -0.140. The van der Waals surface area contributed by atoms with Crippen molar-refractivity contribution in [3.63, 3.8) is 0 Å². The number of carbonyl (C=O) groups excluding carboxylic acids is 1. The number of aryl methyl sites for hydroxylation is 1. The van der Waals surface area contributed by atoms with Crippen LogP contribution in [0.5, 0.6) is 0 Å². The van der Waals surface area contributed by atoms with E-state index in [0.29, 0.717) is 18.0 Å². The van der Waals surface area contributed by atoms with Crippen molar-refractivity contribution in [1.82, 2.24) is 29.7 Å². The lowest BCUT2D eigenvalue weighted by Gasteiger charge is -2.20. The van der Waals surface area contributed by atoms with Gasteiger partial charge in [-0.25, -0.2) is 19.9 Å². The summed E-state index contributed by atoms with van der Waals surface area (Å²) in [7, 11) is 0. The summed E-state index contributed by atoms with van der Waals surface area (Å²) in [5, 5.41) is 2.95. The molecule has 0 aromatic carbocycles. The number of nitrogen functional groups attached to an aromatic ring is 1. The van der Waals surface area contributed by atoms with Crippen LogP contribution in [0.1, 0.15) is 35.9 Å². The molecule has 1 fully saturated rings. The van der Waals surface area contributed by atoms with Gasteiger partial charge in [-0.3, -0.25) is 4.79 Å². The van der Waals surface area contributed by atoms with Crippen LogP contribution in [0.25, 0.3) is 28.5 Å². The molecule has 4 aromatic heterocycles. The van der Waals surface area contributed by atoms with Crippen molar-refractivity contribution >= 4 is 17.4 Å². The van der Waals surface area contributed by atoms with Gasteiger partial charge in [-0.2, -0.15) is 0 Å². The molecule has 0 spiro atoms. The zero-order chi connectivity index (χ0) is 22.2. The highest BCUT2D eigenvalue weighted by atomic mass is 16.5. The molecule has 1 amide bonds. The minimum atomic E-state index is -0.405. The maximum Gasteiger partial charge on any atom is 0.274 e. The summed E-state index contributed by atoms with van der Waals surface area (Å²) in [6, 6.07) is 3.57. The predicted octanol–water partition coefficient (Wildman–Crippen LogP) is 2.63. The van der Waals surface area contributed by atoms with Crippen LogP contribution in [-0.4, -0.2) is 49.0 Å². The molecule has 0 bridgehead atoms. The molecule has 1 saturated heterocycles. The summed E-state index contributed by atoms with van der Waals surface area (Å²) < 4.78 is 13.1. The van der Waals surface area contributed by atoms with Crippen LogP contribution in [0, 0.1) is 6.92 Å². The third-order valence-corrected chi connectivity index (χ3v) is 5.62. The van der Waals surface area contributed by atoms with Gasteiger partial charge in [0.1, 0.15) is 17.6 Å². The number of fused-ring (bicyclic) bond motifs is 1. The number of aromatic nitrogens is 5. The highest BCUT2D eigenvalue weighted by Gasteiger charge is 2.27. The molecule has 0 radical (unpaired) electrons. The lowest BCUT2D eigenvalue weighted by Crippen LogP contribution is -2.41. The molecule has 2 atom stereocenters. The van der Waals surface area contributed by atoms with E-state index in [1.54, 1.807) is 6.20 Å². The van der Waals surface area contributed by atoms with Crippen molar-refractivity contribution in [1.29, 1.82) is 0 Å². The Morgan fingerprint density at radius 2 is 2.16 bits per heavy atom. The molecule has 10 heteroatoms. The number of rotatable bonds is 5. The van der Waals surface area contributed by atoms with Gasteiger partial charge in [0.15, 0.2) is 17.2 Å². The number of imidazole rings is 1. The smallest absolute Gasteiger partial charge is 0.274 e. The van der Waals surface area contributed by atoms with Gasteiger partial charge in [0.25, 0.3) is 5.91 Å². The third kappa shape index (κ3) is 3.58. The Morgan fingerprint density at radius 3 is 2.91 bits per heavy atom. The van der Waals surface area contributed by atoms with E-state index >= 15 is 0 Å². The number of nitrogens with zero attached hydrogens (tertiary/aromatic N) is 5. The Kier molecular flexibility index (Phi) is 5.06. The van der Waals surface area contributed by atoms with Crippen molar-refractivity contribution in [2.24, 2.45) is 0 Å². The fourth-order valence-electron chi connectivity index (χ4n) is 3.91. The largest absolute Gasteiger partial charge is 0.443 e. The highest BCUT2D eigenvalue weighted by molar-refractivity contribution is 5.98. The Balaban J connectivity index is 1.58. The number of hydrogen-bond donors (Lipinski definition) is 2. The number of nitrogens with two attached hydrogens (primary N) is 1. The second-order valence-electron chi connectivity index (χ2n) is 7.85. The molecule has 2 unspecified atom stereocenters. The Morgan fingerprint density at radius 1 is 1.28 bits per heavy atom. The molecule has 5 heterocycles. The lowest BCUT2D eigenvalue weighted by molar-refractivity contribution is 0.0710. The Hall–Kier alpha value is -3.79. The molecule has 0 saturated carbocycles. The van der Waals surface area contributed by atoms with Crippen molar-refractivity contribution < 1.29 is 13.9 Å². The molecular formula is C22H23N7O3. The summed E-state index contributed by atoms with van der Waals surface area (Å²) in [5.41, 5.74) is 9.48. The first-order valence-electron chi connectivity index (χ1n) is 10.4. The lowest BCUT2D eigenvalue weighted by atomic mass is 10.1. The minimum absolute atomic E-state index is 0.00104. The minimum Gasteiger partial charge on any atom is -0.443 e. The summed E-state index contributed by atoms with van der Waals surface area (Å²) >= 11 is 0. The van der Waals surface area contributed by atoms with Gasteiger partial charge >= 0.3 is 0 Å². The van der Waals surface area contributed by atoms with E-state index < -0.39 is 5.91 Å². The fraction of sp³-hybridized carbons (Fsp3) is 0.318. The second kappa shape index (κ2) is 8.04. The zero-order valence-electron chi connectivity index (χ0n) is 17.8. The summed E-state index contributed by atoms with van der Waals surface area (Å²) in [6.45, 7) is 4.58. The number of amides is 1. The molecule has 3 N–H and O–H groups in total. The van der Waals surface area contributed by atoms with Crippen LogP contribution < -0.4 is 11.1 Å². The van der Waals surface area contributed by atoms with Crippen molar-refractivity contribution in [2.45, 2.75) is 38.8 Å². The van der Waals surface area contributed by atoms with Crippen molar-refractivity contribution in [3.05, 3.63) is 48.4 Å². The molecule has 5 rings (SSSR count). The number of oxazole rings is 1. The van der Waals surface area contributed by atoms with Crippen LogP contribution in [0.4, 0.5) is 5.82 Å². The van der Waals surface area contributed by atoms with E-state index in [4.69, 9.17) is 14.9 Å². The van der Waals surface area contributed by atoms with Crippen LogP contribution in [-0.2, 0) is 4.74 Å². The number of nitrogens with one attached hydrogen (secondary N) is 1. The van der Waals surface area contributed by atoms with E-state index in [1.807, 2.05) is 36.6 Å². The molecule has 4 aromatic rings. The normalized spacial score (nSPS) is 17.0. The molecule has 10 nitrogen and oxygen atoms in total. The summed E-state index contributed by atoms with van der Waals surface area (Å²) in [4.78, 5) is 30.7. The average Bonchev–Trinajstić information content (AvgIpc) is 3.56. The van der Waals surface area contributed by atoms with Crippen molar-refractivity contribution in [2.75, 3.05) is 12.3 Å². The van der Waals surface area contributed by atoms with Crippen LogP contribution in [0.15, 0.2) is 41.4 Å². The first-order chi connectivity index (χ1) is 15.5. The molecule has 1 aliphatic heterocycles. The van der Waals surface area contributed by atoms with Crippen LogP contribution >= 0.6 is 0 Å². The number of ether oxygens (including phenoxy) is 1. The average molecular weight is 433 g/mol. The van der Waals surface area contributed by atoms with Crippen molar-refractivity contribution in [3.8, 4) is 22.8 Å². The van der Waals surface area contributed by atoms with E-state index in [2.05, 4.69) is 25.3 Å². The molecule has 1 aliphatic rings. The van der Waals surface area contributed by atoms with E-state index in [1.165, 1.54) is 12.5 Å². The van der Waals surface area contributed by atoms with Crippen LogP contribution in [0.2, 0.25) is 0 Å². The molecule has 32 heavy (non-hydrogen) atoms. The Labute approximate surface area is 183 Å². The van der Waals surface area contributed by atoms with Gasteiger partial charge in [0.05, 0.1) is 18.3 Å². The number of anilines is 1. The summed E-state index contributed by atoms with van der Waals surface area (Å²) in [6.07, 6.45) is 8.51. The quantitative estimate of drug-likeness (QED) is 0.491. The monoisotopic (exact) mass is 433 g/mol. The number of hydrogen-bond acceptors (Lipinski definition) is 8. The van der Waals surface area contributed by atoms with Gasteiger partial charge in [-0.1, -0.05) is 0 Å². The van der Waals surface area contributed by atoms with Gasteiger partial charge < -0.3 is 24.6 Å². The topological polar surface area (TPSA) is 133 Å². The maximum absolute atomic E-state index is 13.0.